The Morgan fingerprint density at radius 1 is 1.32 bits per heavy atom. The van der Waals surface area contributed by atoms with Crippen molar-refractivity contribution in [1.29, 1.82) is 0 Å². The van der Waals surface area contributed by atoms with E-state index in [1.807, 2.05) is 6.07 Å². The molecule has 0 amide bonds. The van der Waals surface area contributed by atoms with Gasteiger partial charge in [-0.15, -0.1) is 0 Å². The Hall–Kier alpha value is -1.95. The zero-order valence-corrected chi connectivity index (χ0v) is 12.6. The largest absolute Gasteiger partial charge is 0.360 e. The van der Waals surface area contributed by atoms with Crippen molar-refractivity contribution < 1.29 is 4.52 Å². The predicted octanol–water partition coefficient (Wildman–Crippen LogP) is 1.38. The van der Waals surface area contributed by atoms with E-state index in [1.54, 1.807) is 16.9 Å². The first-order valence-corrected chi connectivity index (χ1v) is 8.03. The SMILES string of the molecule is O=c1cc2c(nn1CC1CCCN1Cc1ccno1)CCC2. The topological polar surface area (TPSA) is 64.2 Å². The van der Waals surface area contributed by atoms with Crippen LogP contribution in [0.3, 0.4) is 0 Å². The summed E-state index contributed by atoms with van der Waals surface area (Å²) in [7, 11) is 0. The van der Waals surface area contributed by atoms with Crippen LogP contribution in [0.5, 0.6) is 0 Å². The highest BCUT2D eigenvalue weighted by molar-refractivity contribution is 5.22. The molecule has 1 atom stereocenters. The van der Waals surface area contributed by atoms with Crippen molar-refractivity contribution in [3.05, 3.63) is 45.7 Å². The van der Waals surface area contributed by atoms with E-state index in [0.29, 0.717) is 12.6 Å². The minimum atomic E-state index is 0.0344. The third-order valence-electron chi connectivity index (χ3n) is 4.76. The molecular weight excluding hydrogens is 280 g/mol. The molecule has 0 radical (unpaired) electrons. The molecule has 6 heteroatoms. The van der Waals surface area contributed by atoms with Crippen LogP contribution in [0.15, 0.2) is 27.6 Å². The van der Waals surface area contributed by atoms with Crippen molar-refractivity contribution in [1.82, 2.24) is 19.8 Å². The van der Waals surface area contributed by atoms with Gasteiger partial charge in [0.25, 0.3) is 5.56 Å². The molecule has 0 saturated carbocycles. The van der Waals surface area contributed by atoms with E-state index in [-0.39, 0.29) is 5.56 Å². The molecule has 2 aromatic rings. The lowest BCUT2D eigenvalue weighted by atomic mass is 10.2. The van der Waals surface area contributed by atoms with E-state index in [2.05, 4.69) is 15.2 Å². The minimum Gasteiger partial charge on any atom is -0.360 e. The second-order valence-electron chi connectivity index (χ2n) is 6.24. The van der Waals surface area contributed by atoms with E-state index >= 15 is 0 Å². The molecule has 3 heterocycles. The van der Waals surface area contributed by atoms with Gasteiger partial charge in [0.1, 0.15) is 0 Å². The number of fused-ring (bicyclic) bond motifs is 1. The average Bonchev–Trinajstić information content (AvgIpc) is 3.23. The van der Waals surface area contributed by atoms with Gasteiger partial charge in [0.15, 0.2) is 5.76 Å². The van der Waals surface area contributed by atoms with Crippen LogP contribution >= 0.6 is 0 Å². The molecular formula is C16H20N4O2. The van der Waals surface area contributed by atoms with Crippen molar-refractivity contribution in [2.24, 2.45) is 0 Å². The molecule has 2 aliphatic rings. The predicted molar refractivity (Wildman–Crippen MR) is 80.5 cm³/mol. The molecule has 1 aliphatic carbocycles. The lowest BCUT2D eigenvalue weighted by Crippen LogP contribution is -2.37. The number of nitrogens with zero attached hydrogens (tertiary/aromatic N) is 4. The van der Waals surface area contributed by atoms with Crippen molar-refractivity contribution in [2.75, 3.05) is 6.54 Å². The Bertz CT molecular complexity index is 707. The summed E-state index contributed by atoms with van der Waals surface area (Å²) in [5.74, 6) is 0.876. The number of hydrogen-bond acceptors (Lipinski definition) is 5. The van der Waals surface area contributed by atoms with Gasteiger partial charge in [0.05, 0.1) is 25.0 Å². The highest BCUT2D eigenvalue weighted by atomic mass is 16.5. The average molecular weight is 300 g/mol. The van der Waals surface area contributed by atoms with E-state index in [1.165, 1.54) is 0 Å². The third-order valence-corrected chi connectivity index (χ3v) is 4.76. The molecule has 6 nitrogen and oxygen atoms in total. The monoisotopic (exact) mass is 300 g/mol. The molecule has 1 aliphatic heterocycles. The van der Waals surface area contributed by atoms with Gasteiger partial charge in [-0.3, -0.25) is 9.69 Å². The van der Waals surface area contributed by atoms with Gasteiger partial charge >= 0.3 is 0 Å². The van der Waals surface area contributed by atoms with Gasteiger partial charge in [-0.1, -0.05) is 5.16 Å². The number of rotatable bonds is 4. The van der Waals surface area contributed by atoms with Crippen LogP contribution in [0, 0.1) is 0 Å². The summed E-state index contributed by atoms with van der Waals surface area (Å²) in [5, 5.41) is 8.35. The van der Waals surface area contributed by atoms with Crippen molar-refractivity contribution >= 4 is 0 Å². The maximum Gasteiger partial charge on any atom is 0.267 e. The van der Waals surface area contributed by atoms with Gasteiger partial charge in [-0.2, -0.15) is 5.10 Å². The highest BCUT2D eigenvalue weighted by Crippen LogP contribution is 2.22. The number of aryl methyl sites for hydroxylation is 2. The van der Waals surface area contributed by atoms with Crippen LogP contribution in [0.4, 0.5) is 0 Å². The lowest BCUT2D eigenvalue weighted by Gasteiger charge is -2.23. The van der Waals surface area contributed by atoms with Crippen LogP contribution in [0.25, 0.3) is 0 Å². The second-order valence-corrected chi connectivity index (χ2v) is 6.24. The van der Waals surface area contributed by atoms with Gasteiger partial charge in [0, 0.05) is 18.2 Å². The Morgan fingerprint density at radius 3 is 3.14 bits per heavy atom. The Kier molecular flexibility index (Phi) is 3.54. The van der Waals surface area contributed by atoms with Crippen LogP contribution in [0.1, 0.15) is 36.3 Å². The zero-order valence-electron chi connectivity index (χ0n) is 12.6. The molecule has 0 bridgehead atoms. The maximum atomic E-state index is 12.2. The molecule has 22 heavy (non-hydrogen) atoms. The smallest absolute Gasteiger partial charge is 0.267 e. The fourth-order valence-corrected chi connectivity index (χ4v) is 3.60. The van der Waals surface area contributed by atoms with Gasteiger partial charge in [0.2, 0.25) is 0 Å². The first-order valence-electron chi connectivity index (χ1n) is 8.03. The second kappa shape index (κ2) is 5.68. The molecule has 0 N–H and O–H groups in total. The van der Waals surface area contributed by atoms with Crippen LogP contribution in [-0.2, 0) is 25.9 Å². The summed E-state index contributed by atoms with van der Waals surface area (Å²) in [5.41, 5.74) is 2.29. The lowest BCUT2D eigenvalue weighted by molar-refractivity contribution is 0.193. The summed E-state index contributed by atoms with van der Waals surface area (Å²) in [6, 6.07) is 4.02. The fraction of sp³-hybridized carbons (Fsp3) is 0.562. The van der Waals surface area contributed by atoms with E-state index in [0.717, 1.165) is 62.2 Å². The maximum absolute atomic E-state index is 12.2. The number of hydrogen-bond donors (Lipinski definition) is 0. The van der Waals surface area contributed by atoms with Crippen molar-refractivity contribution in [3.8, 4) is 0 Å². The molecule has 0 aromatic carbocycles. The molecule has 1 fully saturated rings. The Morgan fingerprint density at radius 2 is 2.27 bits per heavy atom. The highest BCUT2D eigenvalue weighted by Gasteiger charge is 2.27. The van der Waals surface area contributed by atoms with Crippen molar-refractivity contribution in [2.45, 2.75) is 51.2 Å². The zero-order chi connectivity index (χ0) is 14.9. The number of likely N-dealkylation sites (tertiary alicyclic amines) is 1. The summed E-state index contributed by atoms with van der Waals surface area (Å²) in [6.07, 6.45) is 7.04. The molecule has 0 spiro atoms. The quantitative estimate of drug-likeness (QED) is 0.853. The molecule has 2 aromatic heterocycles. The van der Waals surface area contributed by atoms with E-state index < -0.39 is 0 Å². The summed E-state index contributed by atoms with van der Waals surface area (Å²) >= 11 is 0. The molecule has 116 valence electrons. The van der Waals surface area contributed by atoms with Crippen LogP contribution in [0.2, 0.25) is 0 Å². The summed E-state index contributed by atoms with van der Waals surface area (Å²) in [6.45, 7) is 2.45. The minimum absolute atomic E-state index is 0.0344. The Balaban J connectivity index is 1.51. The van der Waals surface area contributed by atoms with Crippen LogP contribution in [-0.4, -0.2) is 32.4 Å². The molecule has 1 unspecified atom stereocenters. The molecule has 1 saturated heterocycles. The first kappa shape index (κ1) is 13.7. The van der Waals surface area contributed by atoms with E-state index in [4.69, 9.17) is 4.52 Å². The summed E-state index contributed by atoms with van der Waals surface area (Å²) < 4.78 is 6.86. The first-order chi connectivity index (χ1) is 10.8. The van der Waals surface area contributed by atoms with Crippen LogP contribution < -0.4 is 5.56 Å². The normalized spacial score (nSPS) is 21.4. The van der Waals surface area contributed by atoms with E-state index in [9.17, 15) is 4.79 Å². The Labute approximate surface area is 128 Å². The van der Waals surface area contributed by atoms with Gasteiger partial charge < -0.3 is 4.52 Å². The third kappa shape index (κ3) is 2.59. The molecule has 4 rings (SSSR count). The van der Waals surface area contributed by atoms with Gasteiger partial charge in [-0.25, -0.2) is 4.68 Å². The van der Waals surface area contributed by atoms with Crippen molar-refractivity contribution in [3.63, 3.8) is 0 Å². The number of aromatic nitrogens is 3. The fourth-order valence-electron chi connectivity index (χ4n) is 3.60. The standard InChI is InChI=1S/C16H20N4O2/c21-16-9-12-3-1-5-15(12)18-20(16)10-13-4-2-8-19(13)11-14-6-7-17-22-14/h6-7,9,13H,1-5,8,10-11H2. The summed E-state index contributed by atoms with van der Waals surface area (Å²) in [4.78, 5) is 14.6. The van der Waals surface area contributed by atoms with Gasteiger partial charge in [-0.05, 0) is 44.2 Å².